The first kappa shape index (κ1) is 9.00. The van der Waals surface area contributed by atoms with Gasteiger partial charge in [0.05, 0.1) is 0 Å². The van der Waals surface area contributed by atoms with Crippen molar-refractivity contribution in [2.24, 2.45) is 5.73 Å². The van der Waals surface area contributed by atoms with Gasteiger partial charge in [-0.3, -0.25) is 0 Å². The molecule has 0 bridgehead atoms. The first-order valence-corrected chi connectivity index (χ1v) is 4.01. The zero-order chi connectivity index (χ0) is 8.97. The first-order valence-electron chi connectivity index (χ1n) is 4.01. The quantitative estimate of drug-likeness (QED) is 0.741. The predicted molar refractivity (Wildman–Crippen MR) is 50.2 cm³/mol. The molecule has 3 heteroatoms. The fourth-order valence-electron chi connectivity index (χ4n) is 0.827. The van der Waals surface area contributed by atoms with Crippen molar-refractivity contribution < 1.29 is 6.16 Å². The molecule has 0 radical (unpaired) electrons. The second-order valence-electron chi connectivity index (χ2n) is 2.84. The SMILES string of the molecule is Cc1ccnc(O[C@H](C)CN)c1.[HH]. The van der Waals surface area contributed by atoms with Crippen molar-refractivity contribution in [1.82, 2.24) is 4.98 Å². The number of nitrogens with two attached hydrogens (primary N) is 1. The van der Waals surface area contributed by atoms with E-state index < -0.39 is 0 Å². The summed E-state index contributed by atoms with van der Waals surface area (Å²) >= 11 is 0. The van der Waals surface area contributed by atoms with E-state index in [-0.39, 0.29) is 7.53 Å². The summed E-state index contributed by atoms with van der Waals surface area (Å²) in [6.07, 6.45) is 1.76. The van der Waals surface area contributed by atoms with Crippen LogP contribution in [0.4, 0.5) is 0 Å². The molecule has 2 N–H and O–H groups in total. The van der Waals surface area contributed by atoms with Crippen molar-refractivity contribution in [3.63, 3.8) is 0 Å². The van der Waals surface area contributed by atoms with Crippen LogP contribution < -0.4 is 10.5 Å². The highest BCUT2D eigenvalue weighted by Gasteiger charge is 2.01. The highest BCUT2D eigenvalue weighted by atomic mass is 16.5. The summed E-state index contributed by atoms with van der Waals surface area (Å²) in [6.45, 7) is 4.43. The van der Waals surface area contributed by atoms with E-state index in [9.17, 15) is 0 Å². The Hall–Kier alpha value is -1.09. The van der Waals surface area contributed by atoms with Crippen LogP contribution >= 0.6 is 0 Å². The summed E-state index contributed by atoms with van der Waals surface area (Å²) < 4.78 is 5.41. The maximum Gasteiger partial charge on any atom is 0.213 e. The lowest BCUT2D eigenvalue weighted by molar-refractivity contribution is 0.220. The molecule has 0 fully saturated rings. The van der Waals surface area contributed by atoms with Crippen LogP contribution in [0.15, 0.2) is 18.3 Å². The number of pyridine rings is 1. The first-order chi connectivity index (χ1) is 5.72. The smallest absolute Gasteiger partial charge is 0.213 e. The van der Waals surface area contributed by atoms with Crippen LogP contribution in [-0.4, -0.2) is 17.6 Å². The van der Waals surface area contributed by atoms with Crippen LogP contribution in [0.3, 0.4) is 0 Å². The molecule has 0 saturated carbocycles. The molecule has 0 aliphatic rings. The summed E-state index contributed by atoms with van der Waals surface area (Å²) in [5, 5.41) is 0. The Labute approximate surface area is 74.0 Å². The average Bonchev–Trinajstić information content (AvgIpc) is 2.04. The van der Waals surface area contributed by atoms with Gasteiger partial charge in [-0.15, -0.1) is 0 Å². The van der Waals surface area contributed by atoms with Gasteiger partial charge in [-0.2, -0.15) is 0 Å². The summed E-state index contributed by atoms with van der Waals surface area (Å²) in [4.78, 5) is 4.05. The van der Waals surface area contributed by atoms with Crippen molar-refractivity contribution in [1.29, 1.82) is 0 Å². The van der Waals surface area contributed by atoms with Crippen LogP contribution in [0.25, 0.3) is 0 Å². The number of hydrogen-bond acceptors (Lipinski definition) is 3. The van der Waals surface area contributed by atoms with E-state index in [0.29, 0.717) is 12.4 Å². The molecule has 1 aromatic rings. The Morgan fingerprint density at radius 3 is 3.08 bits per heavy atom. The third-order valence-electron chi connectivity index (χ3n) is 1.54. The largest absolute Gasteiger partial charge is 0.473 e. The molecule has 68 valence electrons. The van der Waals surface area contributed by atoms with Crippen LogP contribution in [0.1, 0.15) is 13.9 Å². The minimum atomic E-state index is 0. The summed E-state index contributed by atoms with van der Waals surface area (Å²) in [6, 6.07) is 3.83. The molecule has 1 heterocycles. The van der Waals surface area contributed by atoms with Crippen LogP contribution in [0.2, 0.25) is 0 Å². The molecule has 1 rings (SSSR count). The van der Waals surface area contributed by atoms with Crippen molar-refractivity contribution in [2.45, 2.75) is 20.0 Å². The highest BCUT2D eigenvalue weighted by Crippen LogP contribution is 2.09. The molecule has 0 aliphatic carbocycles. The maximum atomic E-state index is 5.41. The van der Waals surface area contributed by atoms with E-state index in [1.54, 1.807) is 6.20 Å². The molecule has 0 aliphatic heterocycles. The topological polar surface area (TPSA) is 48.1 Å². The van der Waals surface area contributed by atoms with E-state index in [2.05, 4.69) is 4.98 Å². The molecular formula is C9H16N2O. The minimum absolute atomic E-state index is 0. The zero-order valence-electron chi connectivity index (χ0n) is 7.45. The number of aryl methyl sites for hydroxylation is 1. The van der Waals surface area contributed by atoms with Gasteiger partial charge in [0, 0.05) is 20.2 Å². The molecule has 0 saturated heterocycles. The van der Waals surface area contributed by atoms with Crippen LogP contribution in [-0.2, 0) is 0 Å². The number of aromatic nitrogens is 1. The van der Waals surface area contributed by atoms with E-state index in [0.717, 1.165) is 5.56 Å². The van der Waals surface area contributed by atoms with Gasteiger partial charge >= 0.3 is 0 Å². The van der Waals surface area contributed by atoms with E-state index in [4.69, 9.17) is 10.5 Å². The third-order valence-corrected chi connectivity index (χ3v) is 1.54. The van der Waals surface area contributed by atoms with Gasteiger partial charge in [0.1, 0.15) is 6.10 Å². The number of ether oxygens (including phenoxy) is 1. The van der Waals surface area contributed by atoms with Crippen molar-refractivity contribution in [3.05, 3.63) is 23.9 Å². The average molecular weight is 168 g/mol. The summed E-state index contributed by atoms with van der Waals surface area (Å²) in [5.74, 6) is 0.646. The Morgan fingerprint density at radius 1 is 1.75 bits per heavy atom. The second kappa shape index (κ2) is 4.07. The van der Waals surface area contributed by atoms with Gasteiger partial charge in [-0.05, 0) is 25.5 Å². The highest BCUT2D eigenvalue weighted by molar-refractivity contribution is 5.18. The Bertz CT molecular complexity index is 255. The lowest BCUT2D eigenvalue weighted by Gasteiger charge is -2.10. The molecule has 12 heavy (non-hydrogen) atoms. The molecule has 1 atom stereocenters. The van der Waals surface area contributed by atoms with Gasteiger partial charge < -0.3 is 10.5 Å². The lowest BCUT2D eigenvalue weighted by atomic mass is 10.3. The van der Waals surface area contributed by atoms with Crippen molar-refractivity contribution >= 4 is 0 Å². The minimum Gasteiger partial charge on any atom is -0.473 e. The Kier molecular flexibility index (Phi) is 3.05. The Balaban J connectivity index is 0.00000144. The van der Waals surface area contributed by atoms with Crippen molar-refractivity contribution in [2.75, 3.05) is 6.54 Å². The fourth-order valence-corrected chi connectivity index (χ4v) is 0.827. The molecule has 0 aromatic carbocycles. The molecule has 1 aromatic heterocycles. The van der Waals surface area contributed by atoms with E-state index in [1.807, 2.05) is 26.0 Å². The monoisotopic (exact) mass is 168 g/mol. The van der Waals surface area contributed by atoms with Gasteiger partial charge in [0.15, 0.2) is 0 Å². The number of rotatable bonds is 3. The molecule has 0 unspecified atom stereocenters. The van der Waals surface area contributed by atoms with E-state index in [1.165, 1.54) is 0 Å². The normalized spacial score (nSPS) is 12.6. The second-order valence-corrected chi connectivity index (χ2v) is 2.84. The van der Waals surface area contributed by atoms with Gasteiger partial charge in [-0.1, -0.05) is 0 Å². The molecule has 0 amide bonds. The Morgan fingerprint density at radius 2 is 2.50 bits per heavy atom. The predicted octanol–water partition coefficient (Wildman–Crippen LogP) is 1.36. The lowest BCUT2D eigenvalue weighted by Crippen LogP contribution is -2.23. The molecule has 3 nitrogen and oxygen atoms in total. The standard InChI is InChI=1S/C9H14N2O.H2/c1-7-3-4-11-9(5-7)12-8(2)6-10;/h3-5,8H,6,10H2,1-2H3;1H/t8-;/m1./s1. The third kappa shape index (κ3) is 2.51. The number of nitrogens with zero attached hydrogens (tertiary/aromatic N) is 1. The zero-order valence-corrected chi connectivity index (χ0v) is 7.45. The van der Waals surface area contributed by atoms with Gasteiger partial charge in [-0.25, -0.2) is 4.98 Å². The summed E-state index contributed by atoms with van der Waals surface area (Å²) in [5.41, 5.74) is 6.55. The fraction of sp³-hybridized carbons (Fsp3) is 0.444. The van der Waals surface area contributed by atoms with Gasteiger partial charge in [0.25, 0.3) is 0 Å². The van der Waals surface area contributed by atoms with Crippen LogP contribution in [0, 0.1) is 6.92 Å². The summed E-state index contributed by atoms with van der Waals surface area (Å²) in [7, 11) is 0. The maximum absolute atomic E-state index is 5.41. The molecule has 0 spiro atoms. The van der Waals surface area contributed by atoms with Gasteiger partial charge in [0.2, 0.25) is 5.88 Å². The van der Waals surface area contributed by atoms with E-state index >= 15 is 0 Å². The van der Waals surface area contributed by atoms with Crippen molar-refractivity contribution in [3.8, 4) is 5.88 Å². The molecular weight excluding hydrogens is 152 g/mol. The number of hydrogen-bond donors (Lipinski definition) is 1. The van der Waals surface area contributed by atoms with Crippen LogP contribution in [0.5, 0.6) is 5.88 Å².